The van der Waals surface area contributed by atoms with Crippen LogP contribution in [0, 0.1) is 5.92 Å². The summed E-state index contributed by atoms with van der Waals surface area (Å²) in [5.41, 5.74) is 22.6. The van der Waals surface area contributed by atoms with Gasteiger partial charge in [-0.05, 0) is 76.0 Å². The minimum Gasteiger partial charge on any atom is -0.508 e. The Morgan fingerprint density at radius 1 is 0.833 bits per heavy atom. The van der Waals surface area contributed by atoms with E-state index in [1.807, 2.05) is 0 Å². The van der Waals surface area contributed by atoms with Crippen molar-refractivity contribution in [3.63, 3.8) is 0 Å². The van der Waals surface area contributed by atoms with E-state index in [-0.39, 0.29) is 56.3 Å². The van der Waals surface area contributed by atoms with Gasteiger partial charge >= 0.3 is 5.97 Å². The van der Waals surface area contributed by atoms with E-state index < -0.39 is 102 Å². The maximum Gasteiger partial charge on any atom is 0.303 e. The van der Waals surface area contributed by atoms with Crippen LogP contribution in [-0.2, 0) is 40.0 Å². The van der Waals surface area contributed by atoms with Crippen molar-refractivity contribution in [3.05, 3.63) is 29.8 Å². The molecular weight excluding hydrogens is 786 g/mol. The summed E-state index contributed by atoms with van der Waals surface area (Å²) in [5, 5.41) is 54.0. The number of carboxylic acid groups (broad SMARTS) is 1. The number of nitrogens with zero attached hydrogens (tertiary/aromatic N) is 2. The second kappa shape index (κ2) is 24.5. The molecule has 2 rings (SSSR count). The van der Waals surface area contributed by atoms with Crippen LogP contribution in [0.1, 0.15) is 78.2 Å². The van der Waals surface area contributed by atoms with E-state index in [0.717, 1.165) is 0 Å². The number of nitrogens with two attached hydrogens (primary N) is 4. The van der Waals surface area contributed by atoms with Crippen molar-refractivity contribution in [1.29, 1.82) is 0 Å². The molecule has 336 valence electrons. The number of hydrogen-bond donors (Lipinski definition) is 13. The smallest absolute Gasteiger partial charge is 0.303 e. The van der Waals surface area contributed by atoms with Crippen LogP contribution in [0.2, 0.25) is 0 Å². The lowest BCUT2D eigenvalue weighted by atomic mass is 10.0. The van der Waals surface area contributed by atoms with Gasteiger partial charge < -0.3 is 69.9 Å². The van der Waals surface area contributed by atoms with Gasteiger partial charge in [0.2, 0.25) is 35.4 Å². The van der Waals surface area contributed by atoms with Crippen LogP contribution in [0.25, 0.3) is 0 Å². The maximum absolute atomic E-state index is 13.7. The summed E-state index contributed by atoms with van der Waals surface area (Å²) in [4.78, 5) is 95.6. The van der Waals surface area contributed by atoms with Gasteiger partial charge in [0.25, 0.3) is 0 Å². The second-order valence-corrected chi connectivity index (χ2v) is 15.4. The average Bonchev–Trinajstić information content (AvgIpc) is 3.51. The topological polar surface area (TPSA) is 380 Å². The second-order valence-electron chi connectivity index (χ2n) is 15.4. The van der Waals surface area contributed by atoms with Gasteiger partial charge in [-0.2, -0.15) is 0 Å². The highest BCUT2D eigenvalue weighted by Gasteiger charge is 2.42. The molecule has 0 radical (unpaired) electrons. The fraction of sp³-hybridized carbons (Fsp3) is 0.632. The number of unbranched alkanes of at least 4 members (excludes halogenated alkanes) is 1. The molecule has 60 heavy (non-hydrogen) atoms. The van der Waals surface area contributed by atoms with Crippen LogP contribution in [-0.4, -0.2) is 140 Å². The summed E-state index contributed by atoms with van der Waals surface area (Å²) in [6.45, 7) is 6.55. The number of aliphatic carboxylic acids is 1. The molecule has 0 saturated carbocycles. The van der Waals surface area contributed by atoms with Gasteiger partial charge in [-0.25, -0.2) is 0 Å². The third kappa shape index (κ3) is 17.0. The molecular formula is C38H63N11O11. The molecule has 22 heteroatoms. The number of phenolic OH excluding ortho intramolecular Hbond substituents is 1. The van der Waals surface area contributed by atoms with Crippen molar-refractivity contribution in [2.24, 2.45) is 33.8 Å². The summed E-state index contributed by atoms with van der Waals surface area (Å²) in [5.74, 6) is -6.14. The molecule has 1 aliphatic rings. The van der Waals surface area contributed by atoms with Gasteiger partial charge in [-0.1, -0.05) is 26.0 Å². The van der Waals surface area contributed by atoms with Crippen molar-refractivity contribution >= 4 is 47.4 Å². The fourth-order valence-electron chi connectivity index (χ4n) is 6.45. The molecule has 0 spiro atoms. The third-order valence-corrected chi connectivity index (χ3v) is 9.81. The largest absolute Gasteiger partial charge is 0.508 e. The first-order valence-electron chi connectivity index (χ1n) is 19.8. The van der Waals surface area contributed by atoms with Crippen LogP contribution in [0.15, 0.2) is 29.3 Å². The average molecular weight is 850 g/mol. The Morgan fingerprint density at radius 2 is 1.45 bits per heavy atom. The predicted octanol–water partition coefficient (Wildman–Crippen LogP) is -3.68. The van der Waals surface area contributed by atoms with Crippen molar-refractivity contribution < 1.29 is 54.0 Å². The van der Waals surface area contributed by atoms with E-state index >= 15 is 0 Å². The molecule has 1 heterocycles. The highest BCUT2D eigenvalue weighted by Crippen LogP contribution is 2.23. The third-order valence-electron chi connectivity index (χ3n) is 9.81. The minimum atomic E-state index is -1.61. The number of aliphatic hydroxyl groups excluding tert-OH is 2. The highest BCUT2D eigenvalue weighted by molar-refractivity contribution is 5.94. The van der Waals surface area contributed by atoms with Crippen LogP contribution in [0.4, 0.5) is 0 Å². The SMILES string of the molecule is CC(C)CC(NC(=O)C(CCC(=O)O)N1CCC(NC(=O)C(NC(=O)C(Cc2ccc(O)cc2)NC(=O)C(N)CCCCN=C(N)N)C(C)O)C1O)C(=O)NC(C)C(N)=O. The first kappa shape index (κ1) is 50.6. The van der Waals surface area contributed by atoms with Gasteiger partial charge in [0.1, 0.15) is 36.1 Å². The zero-order chi connectivity index (χ0) is 45.3. The molecule has 1 fully saturated rings. The van der Waals surface area contributed by atoms with Gasteiger partial charge in [0.05, 0.1) is 24.2 Å². The standard InChI is InChI=1S/C38H63N11O11/c1-19(2)17-26(33(56)44-20(3)31(40)54)47-35(58)28(12-13-29(52)53)49-16-14-25(37(49)60)45-36(59)30(21(4)50)48-34(57)27(18-22-8-10-23(51)11-9-22)46-32(55)24(39)7-5-6-15-43-38(41)42/h8-11,19-21,24-28,30,37,50-51,60H,5-7,12-18,39H2,1-4H3,(H2,40,54)(H,44,56)(H,45,59)(H,46,55)(H,47,58)(H,48,57)(H,52,53)(H4,41,42,43). The number of carbonyl (C=O) groups excluding carboxylic acids is 6. The van der Waals surface area contributed by atoms with Gasteiger partial charge in [0, 0.05) is 25.9 Å². The van der Waals surface area contributed by atoms with Gasteiger partial charge in [0.15, 0.2) is 5.96 Å². The number of nitrogens with one attached hydrogen (secondary N) is 5. The Labute approximate surface area is 348 Å². The van der Waals surface area contributed by atoms with Crippen molar-refractivity contribution in [2.75, 3.05) is 13.1 Å². The first-order valence-corrected chi connectivity index (χ1v) is 19.8. The quantitative estimate of drug-likeness (QED) is 0.0256. The number of aromatic hydroxyl groups is 1. The Balaban J connectivity index is 2.24. The number of amides is 6. The summed E-state index contributed by atoms with van der Waals surface area (Å²) < 4.78 is 0. The van der Waals surface area contributed by atoms with Crippen LogP contribution < -0.4 is 49.5 Å². The summed E-state index contributed by atoms with van der Waals surface area (Å²) in [6, 6.07) is -2.62. The molecule has 1 aromatic rings. The van der Waals surface area contributed by atoms with E-state index in [4.69, 9.17) is 22.9 Å². The number of carbonyl (C=O) groups is 7. The number of benzene rings is 1. The lowest BCUT2D eigenvalue weighted by Crippen LogP contribution is -2.61. The zero-order valence-electron chi connectivity index (χ0n) is 34.5. The Hall–Kier alpha value is -5.58. The molecule has 0 aliphatic carbocycles. The van der Waals surface area contributed by atoms with E-state index in [0.29, 0.717) is 24.9 Å². The molecule has 0 aromatic heterocycles. The van der Waals surface area contributed by atoms with Crippen LogP contribution in [0.3, 0.4) is 0 Å². The number of hydrogen-bond acceptors (Lipinski definition) is 13. The molecule has 22 nitrogen and oxygen atoms in total. The highest BCUT2D eigenvalue weighted by atomic mass is 16.4. The Kier molecular flexibility index (Phi) is 20.6. The normalized spacial score (nSPS) is 18.7. The van der Waals surface area contributed by atoms with Crippen molar-refractivity contribution in [3.8, 4) is 5.75 Å². The Bertz CT molecular complexity index is 1660. The minimum absolute atomic E-state index is 0.00937. The zero-order valence-corrected chi connectivity index (χ0v) is 34.5. The number of aliphatic hydroxyl groups is 2. The summed E-state index contributed by atoms with van der Waals surface area (Å²) in [7, 11) is 0. The molecule has 1 aromatic carbocycles. The monoisotopic (exact) mass is 849 g/mol. The number of carboxylic acids is 1. The van der Waals surface area contributed by atoms with E-state index in [1.165, 1.54) is 43.0 Å². The fourth-order valence-corrected chi connectivity index (χ4v) is 6.45. The molecule has 9 unspecified atom stereocenters. The molecule has 6 amide bonds. The number of guanidine groups is 1. The van der Waals surface area contributed by atoms with Crippen LogP contribution >= 0.6 is 0 Å². The number of likely N-dealkylation sites (tertiary alicyclic amines) is 1. The predicted molar refractivity (Wildman–Crippen MR) is 218 cm³/mol. The van der Waals surface area contributed by atoms with E-state index in [1.54, 1.807) is 13.8 Å². The summed E-state index contributed by atoms with van der Waals surface area (Å²) in [6.07, 6.45) is -2.43. The number of phenols is 1. The molecule has 9 atom stereocenters. The number of rotatable bonds is 25. The lowest BCUT2D eigenvalue weighted by molar-refractivity contribution is -0.140. The number of aliphatic imine (C=N–C) groups is 1. The molecule has 1 saturated heterocycles. The van der Waals surface area contributed by atoms with Gasteiger partial charge in [-0.3, -0.25) is 43.5 Å². The van der Waals surface area contributed by atoms with Crippen molar-refractivity contribution in [2.45, 2.75) is 134 Å². The van der Waals surface area contributed by atoms with E-state index in [2.05, 4.69) is 31.6 Å². The molecule has 17 N–H and O–H groups in total. The van der Waals surface area contributed by atoms with Gasteiger partial charge in [-0.15, -0.1) is 0 Å². The lowest BCUT2D eigenvalue weighted by Gasteiger charge is -2.33. The summed E-state index contributed by atoms with van der Waals surface area (Å²) >= 11 is 0. The molecule has 1 aliphatic heterocycles. The first-order chi connectivity index (χ1) is 28.1. The molecule has 0 bridgehead atoms. The van der Waals surface area contributed by atoms with E-state index in [9.17, 15) is 54.0 Å². The van der Waals surface area contributed by atoms with Crippen molar-refractivity contribution in [1.82, 2.24) is 31.5 Å². The number of primary amides is 1. The Morgan fingerprint density at radius 3 is 2.02 bits per heavy atom. The maximum atomic E-state index is 13.7. The van der Waals surface area contributed by atoms with Crippen LogP contribution in [0.5, 0.6) is 5.75 Å².